The van der Waals surface area contributed by atoms with Crippen molar-refractivity contribution >= 4 is 23.2 Å². The van der Waals surface area contributed by atoms with Gasteiger partial charge in [0.15, 0.2) is 5.78 Å². The average Bonchev–Trinajstić information content (AvgIpc) is 3.13. The van der Waals surface area contributed by atoms with Crippen LogP contribution in [0.2, 0.25) is 0 Å². The Morgan fingerprint density at radius 2 is 1.69 bits per heavy atom. The molecule has 29 heavy (non-hydrogen) atoms. The van der Waals surface area contributed by atoms with Crippen LogP contribution in [0.15, 0.2) is 41.8 Å². The minimum Gasteiger partial charge on any atom is -0.363 e. The second-order valence-electron chi connectivity index (χ2n) is 6.28. The molecule has 2 aromatic rings. The molecule has 3 N–H and O–H groups in total. The zero-order valence-electron chi connectivity index (χ0n) is 14.1. The van der Waals surface area contributed by atoms with E-state index in [1.807, 2.05) is 0 Å². The van der Waals surface area contributed by atoms with Gasteiger partial charge in [0.1, 0.15) is 5.92 Å². The van der Waals surface area contributed by atoms with E-state index in [9.17, 15) is 41.0 Å². The van der Waals surface area contributed by atoms with Crippen molar-refractivity contribution in [2.75, 3.05) is 0 Å². The maximum absolute atomic E-state index is 13.7. The smallest absolute Gasteiger partial charge is 0.363 e. The average molecular weight is 438 g/mol. The summed E-state index contributed by atoms with van der Waals surface area (Å²) in [5.41, 5.74) is -5.19. The summed E-state index contributed by atoms with van der Waals surface area (Å²) in [6.07, 6.45) is -10.1. The maximum Gasteiger partial charge on any atom is 0.437 e. The van der Waals surface area contributed by atoms with Gasteiger partial charge in [-0.1, -0.05) is 18.2 Å². The van der Waals surface area contributed by atoms with Gasteiger partial charge in [0.2, 0.25) is 5.72 Å². The second kappa shape index (κ2) is 7.02. The number of ketones is 1. The summed E-state index contributed by atoms with van der Waals surface area (Å²) in [5, 5.41) is 15.2. The number of hydrogen-bond acceptors (Lipinski definition) is 4. The van der Waals surface area contributed by atoms with E-state index >= 15 is 0 Å². The molecule has 1 aliphatic rings. The first-order valence-corrected chi connectivity index (χ1v) is 8.85. The number of urea groups is 1. The predicted octanol–water partition coefficient (Wildman–Crippen LogP) is 3.87. The Hall–Kier alpha value is -2.60. The number of Topliss-reactive ketones (excluding diaryl/α,β-unsaturated/α-hetero) is 1. The van der Waals surface area contributed by atoms with E-state index in [1.165, 1.54) is 22.8 Å². The standard InChI is InChI=1S/C17H12F6N2O3S/c18-16(19,20)9-5-3-8(4-6-9)12-11(13(26)10-2-1-7-29-10)15(28,17(21,22)23)25-14(27)24-12/h1-7,11-12,28H,(H2,24,25,27)/t11-,12+,15+/m0/s1. The van der Waals surface area contributed by atoms with E-state index in [4.69, 9.17) is 0 Å². The molecule has 0 spiro atoms. The first-order valence-electron chi connectivity index (χ1n) is 7.97. The van der Waals surface area contributed by atoms with Gasteiger partial charge in [-0.25, -0.2) is 4.79 Å². The van der Waals surface area contributed by atoms with Gasteiger partial charge in [0.25, 0.3) is 0 Å². The molecule has 2 amide bonds. The number of amides is 2. The molecule has 0 saturated carbocycles. The summed E-state index contributed by atoms with van der Waals surface area (Å²) in [7, 11) is 0. The summed E-state index contributed by atoms with van der Waals surface area (Å²) < 4.78 is 79.3. The molecule has 1 aliphatic heterocycles. The molecular formula is C17H12F6N2O3S. The number of carbonyl (C=O) groups is 2. The minimum atomic E-state index is -5.44. The van der Waals surface area contributed by atoms with Gasteiger partial charge in [-0.05, 0) is 29.1 Å². The lowest BCUT2D eigenvalue weighted by atomic mass is 9.78. The van der Waals surface area contributed by atoms with Crippen LogP contribution in [0.1, 0.15) is 26.8 Å². The molecular weight excluding hydrogens is 426 g/mol. The first kappa shape index (κ1) is 21.1. The lowest BCUT2D eigenvalue weighted by molar-refractivity contribution is -0.287. The third-order valence-electron chi connectivity index (χ3n) is 4.45. The molecule has 5 nitrogen and oxygen atoms in total. The fourth-order valence-electron chi connectivity index (χ4n) is 3.07. The Labute approximate surface area is 163 Å². The van der Waals surface area contributed by atoms with Gasteiger partial charge in [-0.15, -0.1) is 11.3 Å². The highest BCUT2D eigenvalue weighted by Crippen LogP contribution is 2.44. The van der Waals surface area contributed by atoms with Crippen molar-refractivity contribution in [2.45, 2.75) is 24.1 Å². The molecule has 0 bridgehead atoms. The number of aliphatic hydroxyl groups is 1. The van der Waals surface area contributed by atoms with E-state index < -0.39 is 47.4 Å². The number of thiophene rings is 1. The van der Waals surface area contributed by atoms with E-state index in [-0.39, 0.29) is 10.4 Å². The van der Waals surface area contributed by atoms with E-state index in [2.05, 4.69) is 5.32 Å². The van der Waals surface area contributed by atoms with E-state index in [0.29, 0.717) is 12.1 Å². The van der Waals surface area contributed by atoms with E-state index in [0.717, 1.165) is 23.5 Å². The summed E-state index contributed by atoms with van der Waals surface area (Å²) in [6.45, 7) is 0. The fourth-order valence-corrected chi connectivity index (χ4v) is 3.77. The zero-order chi connectivity index (χ0) is 21.6. The van der Waals surface area contributed by atoms with Crippen LogP contribution in [0.25, 0.3) is 0 Å². The number of nitrogens with one attached hydrogen (secondary N) is 2. The Kier molecular flexibility index (Phi) is 5.11. The molecule has 0 unspecified atom stereocenters. The van der Waals surface area contributed by atoms with Gasteiger partial charge in [-0.2, -0.15) is 26.3 Å². The lowest BCUT2D eigenvalue weighted by Gasteiger charge is -2.44. The quantitative estimate of drug-likeness (QED) is 0.503. The van der Waals surface area contributed by atoms with Crippen molar-refractivity contribution in [3.8, 4) is 0 Å². The van der Waals surface area contributed by atoms with Crippen molar-refractivity contribution in [1.82, 2.24) is 10.6 Å². The summed E-state index contributed by atoms with van der Waals surface area (Å²) in [5.74, 6) is -3.41. The van der Waals surface area contributed by atoms with E-state index in [1.54, 1.807) is 0 Å². The Morgan fingerprint density at radius 3 is 2.17 bits per heavy atom. The van der Waals surface area contributed by atoms with Crippen molar-refractivity contribution in [1.29, 1.82) is 0 Å². The molecule has 156 valence electrons. The minimum absolute atomic E-state index is 0.118. The third kappa shape index (κ3) is 3.81. The maximum atomic E-state index is 13.7. The molecule has 2 heterocycles. The van der Waals surface area contributed by atoms with Crippen LogP contribution in [0, 0.1) is 5.92 Å². The number of hydrogen-bond donors (Lipinski definition) is 3. The number of rotatable bonds is 3. The highest BCUT2D eigenvalue weighted by Gasteiger charge is 2.66. The molecule has 3 rings (SSSR count). The summed E-state index contributed by atoms with van der Waals surface area (Å²) >= 11 is 0.823. The van der Waals surface area contributed by atoms with Gasteiger partial charge >= 0.3 is 18.4 Å². The normalized spacial score (nSPS) is 25.3. The zero-order valence-corrected chi connectivity index (χ0v) is 15.0. The largest absolute Gasteiger partial charge is 0.437 e. The second-order valence-corrected chi connectivity index (χ2v) is 7.23. The number of alkyl halides is 6. The van der Waals surface area contributed by atoms with Crippen LogP contribution < -0.4 is 10.6 Å². The molecule has 1 aromatic carbocycles. The number of benzene rings is 1. The molecule has 12 heteroatoms. The highest BCUT2D eigenvalue weighted by molar-refractivity contribution is 7.12. The predicted molar refractivity (Wildman–Crippen MR) is 89.0 cm³/mol. The van der Waals surface area contributed by atoms with Crippen LogP contribution >= 0.6 is 11.3 Å². The molecule has 0 radical (unpaired) electrons. The van der Waals surface area contributed by atoms with Crippen LogP contribution in [0.4, 0.5) is 31.1 Å². The fraction of sp³-hybridized carbons (Fsp3) is 0.294. The van der Waals surface area contributed by atoms with Crippen molar-refractivity contribution < 1.29 is 41.0 Å². The van der Waals surface area contributed by atoms with Crippen LogP contribution in [0.5, 0.6) is 0 Å². The third-order valence-corrected chi connectivity index (χ3v) is 5.33. The topological polar surface area (TPSA) is 78.4 Å². The van der Waals surface area contributed by atoms with Crippen LogP contribution in [-0.4, -0.2) is 28.8 Å². The Morgan fingerprint density at radius 1 is 1.07 bits per heavy atom. The molecule has 1 aromatic heterocycles. The Balaban J connectivity index is 2.11. The molecule has 1 fully saturated rings. The van der Waals surface area contributed by atoms with Crippen molar-refractivity contribution in [2.24, 2.45) is 5.92 Å². The van der Waals surface area contributed by atoms with Gasteiger partial charge in [0, 0.05) is 0 Å². The SMILES string of the molecule is O=C1N[C@H](c2ccc(C(F)(F)F)cc2)[C@@H](C(=O)c2cccs2)[C@@](O)(C(F)(F)F)N1. The van der Waals surface area contributed by atoms with Crippen molar-refractivity contribution in [3.63, 3.8) is 0 Å². The van der Waals surface area contributed by atoms with Crippen molar-refractivity contribution in [3.05, 3.63) is 57.8 Å². The van der Waals surface area contributed by atoms with Gasteiger partial charge in [0.05, 0.1) is 16.5 Å². The van der Waals surface area contributed by atoms with Crippen LogP contribution in [-0.2, 0) is 6.18 Å². The molecule has 3 atom stereocenters. The first-order chi connectivity index (χ1) is 13.3. The molecule has 0 aliphatic carbocycles. The molecule has 1 saturated heterocycles. The number of halogens is 6. The Bertz CT molecular complexity index is 911. The van der Waals surface area contributed by atoms with Gasteiger partial charge < -0.3 is 15.7 Å². The summed E-state index contributed by atoms with van der Waals surface area (Å²) in [4.78, 5) is 24.5. The van der Waals surface area contributed by atoms with Gasteiger partial charge in [-0.3, -0.25) is 4.79 Å². The highest BCUT2D eigenvalue weighted by atomic mass is 32.1. The monoisotopic (exact) mass is 438 g/mol. The lowest BCUT2D eigenvalue weighted by Crippen LogP contribution is -2.72. The van der Waals surface area contributed by atoms with Crippen LogP contribution in [0.3, 0.4) is 0 Å². The summed E-state index contributed by atoms with van der Waals surface area (Å²) in [6, 6.07) is 2.43. The number of carbonyl (C=O) groups excluding carboxylic acids is 2.